The SMILES string of the molecule is COc1ccccc1/C=C1\SC2CCC(C(=O)N3CCN(c4ccc(C)cc4)C(C)C3)CC2N(C)C1=O. The molecule has 196 valence electrons. The van der Waals surface area contributed by atoms with Crippen LogP contribution in [0.15, 0.2) is 53.4 Å². The summed E-state index contributed by atoms with van der Waals surface area (Å²) in [6.45, 7) is 6.64. The minimum absolute atomic E-state index is 0.0185. The van der Waals surface area contributed by atoms with Gasteiger partial charge in [-0.05, 0) is 57.4 Å². The number of benzene rings is 2. The molecule has 2 aromatic carbocycles. The third-order valence-electron chi connectivity index (χ3n) is 8.14. The Bertz CT molecular complexity index is 1180. The highest BCUT2D eigenvalue weighted by atomic mass is 32.2. The maximum atomic E-state index is 13.6. The summed E-state index contributed by atoms with van der Waals surface area (Å²) in [5.41, 5.74) is 3.39. The molecule has 3 fully saturated rings. The van der Waals surface area contributed by atoms with Crippen molar-refractivity contribution in [3.63, 3.8) is 0 Å². The third-order valence-corrected chi connectivity index (χ3v) is 9.54. The Morgan fingerprint density at radius 3 is 2.57 bits per heavy atom. The van der Waals surface area contributed by atoms with Crippen LogP contribution in [0, 0.1) is 12.8 Å². The van der Waals surface area contributed by atoms with Crippen molar-refractivity contribution in [3.05, 3.63) is 64.6 Å². The van der Waals surface area contributed by atoms with Crippen molar-refractivity contribution >= 4 is 35.3 Å². The van der Waals surface area contributed by atoms with Gasteiger partial charge < -0.3 is 19.4 Å². The van der Waals surface area contributed by atoms with Crippen LogP contribution >= 0.6 is 11.8 Å². The van der Waals surface area contributed by atoms with Gasteiger partial charge in [-0.15, -0.1) is 11.8 Å². The van der Waals surface area contributed by atoms with Crippen molar-refractivity contribution in [2.75, 3.05) is 38.7 Å². The molecule has 4 atom stereocenters. The van der Waals surface area contributed by atoms with E-state index in [-0.39, 0.29) is 29.8 Å². The molecule has 2 amide bonds. The first-order chi connectivity index (χ1) is 17.9. The zero-order valence-corrected chi connectivity index (χ0v) is 23.0. The number of piperazine rings is 1. The fourth-order valence-corrected chi connectivity index (χ4v) is 7.46. The van der Waals surface area contributed by atoms with Crippen molar-refractivity contribution in [1.29, 1.82) is 0 Å². The van der Waals surface area contributed by atoms with E-state index in [2.05, 4.69) is 47.9 Å². The second-order valence-electron chi connectivity index (χ2n) is 10.6. The number of likely N-dealkylation sites (N-methyl/N-ethyl adjacent to an activating group) is 1. The second kappa shape index (κ2) is 10.8. The van der Waals surface area contributed by atoms with Gasteiger partial charge in [0.1, 0.15) is 5.75 Å². The first kappa shape index (κ1) is 25.7. The quantitative estimate of drug-likeness (QED) is 0.542. The van der Waals surface area contributed by atoms with Crippen LogP contribution in [0.1, 0.15) is 37.3 Å². The zero-order chi connectivity index (χ0) is 26.1. The standard InChI is InChI=1S/C30H37N3O3S/c1-20-9-12-24(13-10-20)33-16-15-32(19-21(33)2)29(34)23-11-14-27-25(17-23)31(3)30(35)28(37-27)18-22-7-5-6-8-26(22)36-4/h5-10,12-13,18,21,23,25,27H,11,14-17,19H2,1-4H3/b28-18-. The lowest BCUT2D eigenvalue weighted by molar-refractivity contribution is -0.139. The van der Waals surface area contributed by atoms with Crippen molar-refractivity contribution in [2.45, 2.75) is 50.4 Å². The molecule has 5 rings (SSSR count). The van der Waals surface area contributed by atoms with Crippen molar-refractivity contribution in [3.8, 4) is 5.75 Å². The number of thioether (sulfide) groups is 1. The first-order valence-corrected chi connectivity index (χ1v) is 14.1. The molecule has 2 aromatic rings. The fraction of sp³-hybridized carbons (Fsp3) is 0.467. The van der Waals surface area contributed by atoms with E-state index in [1.54, 1.807) is 18.9 Å². The highest BCUT2D eigenvalue weighted by molar-refractivity contribution is 8.04. The maximum absolute atomic E-state index is 13.6. The molecule has 0 N–H and O–H groups in total. The molecule has 4 unspecified atom stereocenters. The summed E-state index contributed by atoms with van der Waals surface area (Å²) in [7, 11) is 3.54. The predicted octanol–water partition coefficient (Wildman–Crippen LogP) is 4.82. The first-order valence-electron chi connectivity index (χ1n) is 13.3. The van der Waals surface area contributed by atoms with Gasteiger partial charge in [-0.2, -0.15) is 0 Å². The van der Waals surface area contributed by atoms with Crippen LogP contribution in [-0.4, -0.2) is 72.7 Å². The molecule has 2 saturated heterocycles. The molecular formula is C30H37N3O3S. The molecule has 0 spiro atoms. The van der Waals surface area contributed by atoms with Gasteiger partial charge in [0.05, 0.1) is 12.0 Å². The fourth-order valence-electron chi connectivity index (χ4n) is 5.98. The van der Waals surface area contributed by atoms with Crippen LogP contribution in [0.25, 0.3) is 6.08 Å². The van der Waals surface area contributed by atoms with Gasteiger partial charge >= 0.3 is 0 Å². The summed E-state index contributed by atoms with van der Waals surface area (Å²) in [6.07, 6.45) is 4.51. The molecule has 0 radical (unpaired) electrons. The average Bonchev–Trinajstić information content (AvgIpc) is 2.92. The predicted molar refractivity (Wildman–Crippen MR) is 151 cm³/mol. The molecular weight excluding hydrogens is 482 g/mol. The van der Waals surface area contributed by atoms with Gasteiger partial charge in [0.15, 0.2) is 0 Å². The lowest BCUT2D eigenvalue weighted by Gasteiger charge is -2.46. The van der Waals surface area contributed by atoms with Crippen LogP contribution < -0.4 is 9.64 Å². The number of aryl methyl sites for hydroxylation is 1. The molecule has 37 heavy (non-hydrogen) atoms. The molecule has 2 aliphatic heterocycles. The number of nitrogens with zero attached hydrogens (tertiary/aromatic N) is 3. The minimum Gasteiger partial charge on any atom is -0.496 e. The number of fused-ring (bicyclic) bond motifs is 1. The topological polar surface area (TPSA) is 53.1 Å². The number of methoxy groups -OCH3 is 1. The summed E-state index contributed by atoms with van der Waals surface area (Å²) >= 11 is 1.67. The Morgan fingerprint density at radius 1 is 1.08 bits per heavy atom. The molecule has 2 heterocycles. The van der Waals surface area contributed by atoms with Gasteiger partial charge in [0.25, 0.3) is 5.91 Å². The maximum Gasteiger partial charge on any atom is 0.260 e. The molecule has 0 aromatic heterocycles. The van der Waals surface area contributed by atoms with E-state index in [0.717, 1.165) is 55.1 Å². The third kappa shape index (κ3) is 5.24. The second-order valence-corrected chi connectivity index (χ2v) is 11.8. The summed E-state index contributed by atoms with van der Waals surface area (Å²) < 4.78 is 5.47. The highest BCUT2D eigenvalue weighted by Crippen LogP contribution is 2.44. The van der Waals surface area contributed by atoms with Gasteiger partial charge in [-0.25, -0.2) is 0 Å². The summed E-state index contributed by atoms with van der Waals surface area (Å²) in [5, 5.41) is 0.310. The zero-order valence-electron chi connectivity index (χ0n) is 22.2. The largest absolute Gasteiger partial charge is 0.496 e. The molecule has 1 aliphatic carbocycles. The van der Waals surface area contributed by atoms with E-state index in [9.17, 15) is 9.59 Å². The van der Waals surface area contributed by atoms with Gasteiger partial charge in [-0.1, -0.05) is 35.9 Å². The Morgan fingerprint density at radius 2 is 1.84 bits per heavy atom. The number of ether oxygens (including phenoxy) is 1. The highest BCUT2D eigenvalue weighted by Gasteiger charge is 2.44. The number of rotatable bonds is 4. The Balaban J connectivity index is 1.23. The monoisotopic (exact) mass is 519 g/mol. The molecule has 1 saturated carbocycles. The van der Waals surface area contributed by atoms with Crippen LogP contribution in [0.4, 0.5) is 5.69 Å². The number of hydrogen-bond donors (Lipinski definition) is 0. The summed E-state index contributed by atoms with van der Waals surface area (Å²) in [4.78, 5) is 34.0. The lowest BCUT2D eigenvalue weighted by atomic mass is 9.83. The average molecular weight is 520 g/mol. The van der Waals surface area contributed by atoms with Crippen molar-refractivity contribution in [2.24, 2.45) is 5.92 Å². The lowest BCUT2D eigenvalue weighted by Crippen LogP contribution is -2.57. The smallest absolute Gasteiger partial charge is 0.260 e. The normalized spacial score (nSPS) is 27.3. The van der Waals surface area contributed by atoms with Gasteiger partial charge in [0.2, 0.25) is 5.91 Å². The van der Waals surface area contributed by atoms with Crippen LogP contribution in [0.5, 0.6) is 5.75 Å². The molecule has 3 aliphatic rings. The van der Waals surface area contributed by atoms with E-state index < -0.39 is 0 Å². The van der Waals surface area contributed by atoms with E-state index in [4.69, 9.17) is 4.74 Å². The van der Waals surface area contributed by atoms with E-state index >= 15 is 0 Å². The van der Waals surface area contributed by atoms with Crippen molar-refractivity contribution < 1.29 is 14.3 Å². The van der Waals surface area contributed by atoms with Crippen LogP contribution in [-0.2, 0) is 9.59 Å². The molecule has 0 bridgehead atoms. The minimum atomic E-state index is -0.0185. The number of carbonyl (C=O) groups is 2. The van der Waals surface area contributed by atoms with Gasteiger partial charge in [0, 0.05) is 61.2 Å². The number of amides is 2. The number of para-hydroxylation sites is 1. The Hall–Kier alpha value is -2.93. The number of carbonyl (C=O) groups excluding carboxylic acids is 2. The summed E-state index contributed by atoms with van der Waals surface area (Å²) in [5.74, 6) is 1.04. The number of anilines is 1. The van der Waals surface area contributed by atoms with Gasteiger partial charge in [-0.3, -0.25) is 9.59 Å². The van der Waals surface area contributed by atoms with E-state index in [1.165, 1.54) is 11.3 Å². The number of hydrogen-bond acceptors (Lipinski definition) is 5. The molecule has 6 nitrogen and oxygen atoms in total. The Kier molecular flexibility index (Phi) is 7.52. The van der Waals surface area contributed by atoms with Crippen molar-refractivity contribution in [1.82, 2.24) is 9.80 Å². The van der Waals surface area contributed by atoms with Crippen LogP contribution in [0.2, 0.25) is 0 Å². The van der Waals surface area contributed by atoms with E-state index in [1.807, 2.05) is 42.3 Å². The Labute approximate surface area is 224 Å². The summed E-state index contributed by atoms with van der Waals surface area (Å²) in [6, 6.07) is 16.8. The van der Waals surface area contributed by atoms with Crippen LogP contribution in [0.3, 0.4) is 0 Å². The van der Waals surface area contributed by atoms with E-state index in [0.29, 0.717) is 5.25 Å². The molecule has 7 heteroatoms.